The first-order valence-corrected chi connectivity index (χ1v) is 24.3. The minimum Gasteiger partial charge on any atom is -0.462 e. The van der Waals surface area contributed by atoms with Crippen LogP contribution >= 0.6 is 0 Å². The molecule has 0 aromatic heterocycles. The van der Waals surface area contributed by atoms with Gasteiger partial charge in [0.25, 0.3) is 0 Å². The van der Waals surface area contributed by atoms with E-state index >= 15 is 0 Å². The molecule has 0 amide bonds. The number of carbonyl (C=O) groups is 2. The summed E-state index contributed by atoms with van der Waals surface area (Å²) in [6, 6.07) is 0. The first-order valence-electron chi connectivity index (χ1n) is 24.3. The summed E-state index contributed by atoms with van der Waals surface area (Å²) in [4.78, 5) is 24.4. The summed E-state index contributed by atoms with van der Waals surface area (Å²) < 4.78 is 10.7. The summed E-state index contributed by atoms with van der Waals surface area (Å²) in [5, 5.41) is 9.61. The summed E-state index contributed by atoms with van der Waals surface area (Å²) in [5.41, 5.74) is 0. The van der Waals surface area contributed by atoms with Gasteiger partial charge in [0.05, 0.1) is 6.61 Å². The topological polar surface area (TPSA) is 72.8 Å². The normalized spacial score (nSPS) is 12.7. The van der Waals surface area contributed by atoms with Crippen LogP contribution in [0.2, 0.25) is 0 Å². The number of aliphatic hydroxyl groups excluding tert-OH is 1. The van der Waals surface area contributed by atoms with Crippen LogP contribution in [0.25, 0.3) is 0 Å². The molecule has 0 aliphatic heterocycles. The molecule has 1 N–H and O–H groups in total. The fourth-order valence-corrected chi connectivity index (χ4v) is 7.54. The Bertz CT molecular complexity index is 767. The van der Waals surface area contributed by atoms with E-state index in [1.54, 1.807) is 0 Å². The van der Waals surface area contributed by atoms with E-state index in [1.807, 2.05) is 0 Å². The van der Waals surface area contributed by atoms with E-state index in [0.717, 1.165) is 43.9 Å². The van der Waals surface area contributed by atoms with Crippen molar-refractivity contribution in [1.29, 1.82) is 0 Å². The number of carbonyl (C=O) groups excluding carboxylic acids is 2. The van der Waals surface area contributed by atoms with Crippen LogP contribution < -0.4 is 0 Å². The Morgan fingerprint density at radius 3 is 1.04 bits per heavy atom. The lowest BCUT2D eigenvalue weighted by Crippen LogP contribution is -2.28. The second-order valence-electron chi connectivity index (χ2n) is 17.6. The van der Waals surface area contributed by atoms with Gasteiger partial charge in [-0.25, -0.2) is 0 Å². The molecule has 0 saturated heterocycles. The zero-order valence-corrected chi connectivity index (χ0v) is 37.1. The Morgan fingerprint density at radius 1 is 0.426 bits per heavy atom. The Hall–Kier alpha value is -1.10. The number of hydrogen-bond acceptors (Lipinski definition) is 5. The minimum absolute atomic E-state index is 0.0573. The number of unbranched alkanes of at least 4 members (excludes halogenated alkanes) is 31. The van der Waals surface area contributed by atoms with Crippen LogP contribution in [0.5, 0.6) is 0 Å². The molecule has 0 aromatic carbocycles. The molecule has 0 fully saturated rings. The Morgan fingerprint density at radius 2 is 0.722 bits per heavy atom. The molecular formula is C49H96O5. The largest absolute Gasteiger partial charge is 0.462 e. The molecule has 0 radical (unpaired) electrons. The van der Waals surface area contributed by atoms with E-state index in [-0.39, 0.29) is 25.2 Å². The summed E-state index contributed by atoms with van der Waals surface area (Å²) in [5.74, 6) is 1.20. The summed E-state index contributed by atoms with van der Waals surface area (Å²) in [6.45, 7) is 8.95. The van der Waals surface area contributed by atoms with Crippen LogP contribution in [0.3, 0.4) is 0 Å². The van der Waals surface area contributed by atoms with E-state index in [4.69, 9.17) is 9.47 Å². The third kappa shape index (κ3) is 42.1. The van der Waals surface area contributed by atoms with Crippen molar-refractivity contribution in [2.45, 2.75) is 278 Å². The third-order valence-electron chi connectivity index (χ3n) is 11.6. The van der Waals surface area contributed by atoms with Crippen LogP contribution in [0, 0.1) is 11.8 Å². The highest BCUT2D eigenvalue weighted by molar-refractivity contribution is 5.70. The third-order valence-corrected chi connectivity index (χ3v) is 11.6. The summed E-state index contributed by atoms with van der Waals surface area (Å²) in [6.07, 6.45) is 47.5. The van der Waals surface area contributed by atoms with Gasteiger partial charge in [0.2, 0.25) is 0 Å². The number of hydrogen-bond donors (Lipinski definition) is 1. The van der Waals surface area contributed by atoms with Crippen LogP contribution in [-0.2, 0) is 19.1 Å². The molecule has 0 saturated carbocycles. The highest BCUT2D eigenvalue weighted by Crippen LogP contribution is 2.18. The standard InChI is InChI=1S/C49H96O5/c1-5-46(4)40-36-32-28-24-20-16-12-8-6-7-9-13-17-21-25-29-33-37-41-48(51)53-44-47(43-50)54-49(52)42-38-34-30-26-22-18-14-10-11-15-19-23-27-31-35-39-45(2)3/h45-47,50H,5-44H2,1-4H3/t46?,47-/m0/s1. The molecule has 0 rings (SSSR count). The predicted molar refractivity (Wildman–Crippen MR) is 233 cm³/mol. The second kappa shape index (κ2) is 43.0. The predicted octanol–water partition coefficient (Wildman–Crippen LogP) is 15.6. The highest BCUT2D eigenvalue weighted by atomic mass is 16.6. The van der Waals surface area contributed by atoms with Crippen molar-refractivity contribution in [3.05, 3.63) is 0 Å². The molecule has 5 heteroatoms. The van der Waals surface area contributed by atoms with Gasteiger partial charge in [-0.05, 0) is 24.7 Å². The average Bonchev–Trinajstić information content (AvgIpc) is 3.16. The molecule has 0 aliphatic carbocycles. The van der Waals surface area contributed by atoms with Crippen molar-refractivity contribution in [3.63, 3.8) is 0 Å². The van der Waals surface area contributed by atoms with Crippen molar-refractivity contribution >= 4 is 11.9 Å². The van der Waals surface area contributed by atoms with Crippen molar-refractivity contribution < 1.29 is 24.2 Å². The highest BCUT2D eigenvalue weighted by Gasteiger charge is 2.16. The van der Waals surface area contributed by atoms with Gasteiger partial charge in [-0.3, -0.25) is 9.59 Å². The lowest BCUT2D eigenvalue weighted by atomic mass is 9.99. The SMILES string of the molecule is CCC(C)CCCCCCCCCCCCCCCCCCCCC(=O)OC[C@H](CO)OC(=O)CCCCCCCCCCCCCCCCCC(C)C. The molecule has 5 nitrogen and oxygen atoms in total. The molecular weight excluding hydrogens is 669 g/mol. The monoisotopic (exact) mass is 765 g/mol. The van der Waals surface area contributed by atoms with Crippen LogP contribution in [0.1, 0.15) is 272 Å². The first-order chi connectivity index (χ1) is 26.4. The lowest BCUT2D eigenvalue weighted by Gasteiger charge is -2.15. The van der Waals surface area contributed by atoms with Gasteiger partial charge in [-0.2, -0.15) is 0 Å². The molecule has 54 heavy (non-hydrogen) atoms. The van der Waals surface area contributed by atoms with E-state index in [2.05, 4.69) is 27.7 Å². The lowest BCUT2D eigenvalue weighted by molar-refractivity contribution is -0.161. The Kier molecular flexibility index (Phi) is 42.2. The van der Waals surface area contributed by atoms with Gasteiger partial charge in [-0.1, -0.05) is 246 Å². The quantitative estimate of drug-likeness (QED) is 0.0494. The zero-order chi connectivity index (χ0) is 39.6. The molecule has 0 heterocycles. The molecule has 0 aliphatic rings. The van der Waals surface area contributed by atoms with Crippen molar-refractivity contribution in [3.8, 4) is 0 Å². The maximum atomic E-state index is 12.2. The molecule has 0 spiro atoms. The number of rotatable bonds is 44. The molecule has 0 aromatic rings. The van der Waals surface area contributed by atoms with E-state index < -0.39 is 6.10 Å². The Balaban J connectivity index is 3.44. The van der Waals surface area contributed by atoms with Gasteiger partial charge in [0.1, 0.15) is 6.61 Å². The number of esters is 2. The fourth-order valence-electron chi connectivity index (χ4n) is 7.54. The van der Waals surface area contributed by atoms with Crippen molar-refractivity contribution in [1.82, 2.24) is 0 Å². The number of aliphatic hydroxyl groups is 1. The molecule has 2 atom stereocenters. The summed E-state index contributed by atoms with van der Waals surface area (Å²) in [7, 11) is 0. The zero-order valence-electron chi connectivity index (χ0n) is 37.1. The summed E-state index contributed by atoms with van der Waals surface area (Å²) >= 11 is 0. The van der Waals surface area contributed by atoms with Gasteiger partial charge in [0.15, 0.2) is 6.10 Å². The van der Waals surface area contributed by atoms with E-state index in [1.165, 1.54) is 199 Å². The van der Waals surface area contributed by atoms with Crippen molar-refractivity contribution in [2.24, 2.45) is 11.8 Å². The Labute approximate surface area is 338 Å². The molecule has 0 bridgehead atoms. The molecule has 322 valence electrons. The maximum absolute atomic E-state index is 12.2. The van der Waals surface area contributed by atoms with E-state index in [9.17, 15) is 14.7 Å². The number of ether oxygens (including phenoxy) is 2. The maximum Gasteiger partial charge on any atom is 0.306 e. The van der Waals surface area contributed by atoms with Crippen LogP contribution in [0.4, 0.5) is 0 Å². The first kappa shape index (κ1) is 52.9. The van der Waals surface area contributed by atoms with Gasteiger partial charge < -0.3 is 14.6 Å². The van der Waals surface area contributed by atoms with Gasteiger partial charge >= 0.3 is 11.9 Å². The smallest absolute Gasteiger partial charge is 0.306 e. The average molecular weight is 765 g/mol. The second-order valence-corrected chi connectivity index (χ2v) is 17.6. The van der Waals surface area contributed by atoms with Crippen molar-refractivity contribution in [2.75, 3.05) is 13.2 Å². The fraction of sp³-hybridized carbons (Fsp3) is 0.959. The van der Waals surface area contributed by atoms with Crippen LogP contribution in [0.15, 0.2) is 0 Å². The minimum atomic E-state index is -0.764. The van der Waals surface area contributed by atoms with Gasteiger partial charge in [0, 0.05) is 12.8 Å². The molecule has 1 unspecified atom stereocenters. The van der Waals surface area contributed by atoms with Gasteiger partial charge in [-0.15, -0.1) is 0 Å². The van der Waals surface area contributed by atoms with E-state index in [0.29, 0.717) is 12.8 Å². The van der Waals surface area contributed by atoms with Crippen LogP contribution in [-0.4, -0.2) is 36.4 Å².